The third-order valence-electron chi connectivity index (χ3n) is 3.67. The Bertz CT molecular complexity index is 617. The van der Waals surface area contributed by atoms with Crippen LogP contribution in [0, 0.1) is 6.92 Å². The fraction of sp³-hybridized carbons (Fsp3) is 0.467. The van der Waals surface area contributed by atoms with E-state index in [1.165, 1.54) is 0 Å². The minimum absolute atomic E-state index is 0.0509. The first kappa shape index (κ1) is 15.3. The Hall–Kier alpha value is -1.63. The van der Waals surface area contributed by atoms with Crippen molar-refractivity contribution >= 4 is 11.6 Å². The van der Waals surface area contributed by atoms with Crippen LogP contribution in [-0.2, 0) is 0 Å². The number of aryl methyl sites for hydroxylation is 1. The van der Waals surface area contributed by atoms with Crippen LogP contribution in [0.4, 0.5) is 0 Å². The molecule has 2 heterocycles. The number of aliphatic hydroxyl groups excluding tert-OH is 1. The number of hydrogen-bond donors (Lipinski definition) is 1. The summed E-state index contributed by atoms with van der Waals surface area (Å²) in [6.07, 6.45) is 0.218. The molecule has 6 nitrogen and oxygen atoms in total. The second-order valence-corrected chi connectivity index (χ2v) is 5.82. The van der Waals surface area contributed by atoms with Crippen LogP contribution in [0.2, 0.25) is 5.02 Å². The van der Waals surface area contributed by atoms with Crippen LogP contribution < -0.4 is 4.74 Å². The average Bonchev–Trinajstić information content (AvgIpc) is 3.07. The highest BCUT2D eigenvalue weighted by atomic mass is 35.5. The maximum atomic E-state index is 9.90. The molecule has 1 aliphatic heterocycles. The standard InChI is InChI=1S/C15H18ClN3O3/c1-10-17-15(22-18-10)14-8-12(20)9-19(14)6-7-21-13-4-2-11(16)3-5-13/h2-5,12,14,20H,6-9H2,1H3/t12-,14-/m1/s1. The first-order valence-corrected chi connectivity index (χ1v) is 7.60. The highest BCUT2D eigenvalue weighted by molar-refractivity contribution is 6.30. The van der Waals surface area contributed by atoms with Crippen molar-refractivity contribution in [3.8, 4) is 5.75 Å². The molecule has 0 aliphatic carbocycles. The maximum Gasteiger partial charge on any atom is 0.244 e. The largest absolute Gasteiger partial charge is 0.492 e. The van der Waals surface area contributed by atoms with Gasteiger partial charge in [-0.2, -0.15) is 4.98 Å². The van der Waals surface area contributed by atoms with Crippen LogP contribution in [0.3, 0.4) is 0 Å². The van der Waals surface area contributed by atoms with E-state index in [9.17, 15) is 5.11 Å². The second-order valence-electron chi connectivity index (χ2n) is 5.38. The number of ether oxygens (including phenoxy) is 1. The molecule has 1 fully saturated rings. The molecule has 1 aromatic heterocycles. The molecule has 0 amide bonds. The predicted octanol–water partition coefficient (Wildman–Crippen LogP) is 2.22. The van der Waals surface area contributed by atoms with E-state index < -0.39 is 0 Å². The highest BCUT2D eigenvalue weighted by Crippen LogP contribution is 2.30. The van der Waals surface area contributed by atoms with Crippen molar-refractivity contribution in [2.75, 3.05) is 19.7 Å². The van der Waals surface area contributed by atoms with Crippen LogP contribution >= 0.6 is 11.6 Å². The van der Waals surface area contributed by atoms with Crippen molar-refractivity contribution in [1.29, 1.82) is 0 Å². The zero-order chi connectivity index (χ0) is 15.5. The molecular formula is C15H18ClN3O3. The number of aromatic nitrogens is 2. The number of halogens is 1. The van der Waals surface area contributed by atoms with E-state index in [1.807, 2.05) is 12.1 Å². The van der Waals surface area contributed by atoms with E-state index in [-0.39, 0.29) is 12.1 Å². The lowest BCUT2D eigenvalue weighted by Gasteiger charge is -2.21. The fourth-order valence-corrected chi connectivity index (χ4v) is 2.77. The monoisotopic (exact) mass is 323 g/mol. The van der Waals surface area contributed by atoms with Crippen molar-refractivity contribution in [3.63, 3.8) is 0 Å². The van der Waals surface area contributed by atoms with Crippen LogP contribution in [0.5, 0.6) is 5.75 Å². The molecular weight excluding hydrogens is 306 g/mol. The Labute approximate surface area is 133 Å². The third-order valence-corrected chi connectivity index (χ3v) is 3.92. The highest BCUT2D eigenvalue weighted by Gasteiger charge is 2.35. The summed E-state index contributed by atoms with van der Waals surface area (Å²) in [6.45, 7) is 3.55. The Morgan fingerprint density at radius 1 is 1.41 bits per heavy atom. The summed E-state index contributed by atoms with van der Waals surface area (Å²) < 4.78 is 10.9. The van der Waals surface area contributed by atoms with E-state index in [4.69, 9.17) is 20.9 Å². The molecule has 7 heteroatoms. The normalized spacial score (nSPS) is 22.1. The Morgan fingerprint density at radius 3 is 2.86 bits per heavy atom. The van der Waals surface area contributed by atoms with Gasteiger partial charge in [0.2, 0.25) is 5.89 Å². The minimum atomic E-state index is -0.382. The molecule has 3 rings (SSSR count). The molecule has 118 valence electrons. The summed E-state index contributed by atoms with van der Waals surface area (Å²) in [5.74, 6) is 1.93. The molecule has 0 radical (unpaired) electrons. The van der Waals surface area contributed by atoms with Gasteiger partial charge in [0, 0.05) is 18.1 Å². The van der Waals surface area contributed by atoms with Gasteiger partial charge < -0.3 is 14.4 Å². The van der Waals surface area contributed by atoms with Gasteiger partial charge in [-0.05, 0) is 37.6 Å². The molecule has 0 bridgehead atoms. The van der Waals surface area contributed by atoms with E-state index in [0.29, 0.717) is 42.9 Å². The van der Waals surface area contributed by atoms with Crippen LogP contribution in [0.15, 0.2) is 28.8 Å². The van der Waals surface area contributed by atoms with Crippen molar-refractivity contribution < 1.29 is 14.4 Å². The number of rotatable bonds is 5. The maximum absolute atomic E-state index is 9.90. The number of aliphatic hydroxyl groups is 1. The number of benzene rings is 1. The quantitative estimate of drug-likeness (QED) is 0.909. The van der Waals surface area contributed by atoms with Gasteiger partial charge in [0.1, 0.15) is 12.4 Å². The third kappa shape index (κ3) is 3.58. The Balaban J connectivity index is 1.57. The number of β-amino-alcohol motifs (C(OH)–C–C–N with tert-alkyl or cyclic N) is 1. The molecule has 1 saturated heterocycles. The molecule has 1 aromatic carbocycles. The summed E-state index contributed by atoms with van der Waals surface area (Å²) in [4.78, 5) is 6.37. The summed E-state index contributed by atoms with van der Waals surface area (Å²) in [6, 6.07) is 7.20. The predicted molar refractivity (Wildman–Crippen MR) is 80.9 cm³/mol. The van der Waals surface area contributed by atoms with E-state index in [2.05, 4.69) is 15.0 Å². The van der Waals surface area contributed by atoms with Gasteiger partial charge in [0.15, 0.2) is 5.82 Å². The summed E-state index contributed by atoms with van der Waals surface area (Å²) in [5, 5.41) is 14.4. The number of likely N-dealkylation sites (tertiary alicyclic amines) is 1. The van der Waals surface area contributed by atoms with E-state index >= 15 is 0 Å². The van der Waals surface area contributed by atoms with Gasteiger partial charge in [-0.1, -0.05) is 16.8 Å². The SMILES string of the molecule is Cc1noc([C@H]2C[C@@H](O)CN2CCOc2ccc(Cl)cc2)n1. The Kier molecular flexibility index (Phi) is 4.61. The molecule has 0 unspecified atom stereocenters. The van der Waals surface area contributed by atoms with E-state index in [1.54, 1.807) is 19.1 Å². The lowest BCUT2D eigenvalue weighted by Crippen LogP contribution is -2.29. The molecule has 22 heavy (non-hydrogen) atoms. The van der Waals surface area contributed by atoms with Gasteiger partial charge >= 0.3 is 0 Å². The smallest absolute Gasteiger partial charge is 0.244 e. The first-order valence-electron chi connectivity index (χ1n) is 7.22. The van der Waals surface area contributed by atoms with Crippen molar-refractivity contribution in [2.24, 2.45) is 0 Å². The minimum Gasteiger partial charge on any atom is -0.492 e. The molecule has 0 spiro atoms. The van der Waals surface area contributed by atoms with Gasteiger partial charge in [-0.3, -0.25) is 4.90 Å². The van der Waals surface area contributed by atoms with E-state index in [0.717, 1.165) is 5.75 Å². The topological polar surface area (TPSA) is 71.6 Å². The van der Waals surface area contributed by atoms with Crippen molar-refractivity contribution in [1.82, 2.24) is 15.0 Å². The van der Waals surface area contributed by atoms with Crippen molar-refractivity contribution in [3.05, 3.63) is 41.0 Å². The first-order chi connectivity index (χ1) is 10.6. The van der Waals surface area contributed by atoms with Gasteiger partial charge in [0.05, 0.1) is 12.1 Å². The lowest BCUT2D eigenvalue weighted by molar-refractivity contribution is 0.155. The Morgan fingerprint density at radius 2 is 2.18 bits per heavy atom. The second kappa shape index (κ2) is 6.64. The van der Waals surface area contributed by atoms with Crippen molar-refractivity contribution in [2.45, 2.75) is 25.5 Å². The fourth-order valence-electron chi connectivity index (χ4n) is 2.64. The molecule has 2 aromatic rings. The van der Waals surface area contributed by atoms with Gasteiger partial charge in [-0.15, -0.1) is 0 Å². The summed E-state index contributed by atoms with van der Waals surface area (Å²) >= 11 is 5.84. The zero-order valence-corrected chi connectivity index (χ0v) is 13.0. The van der Waals surface area contributed by atoms with Crippen LogP contribution in [0.25, 0.3) is 0 Å². The zero-order valence-electron chi connectivity index (χ0n) is 12.3. The molecule has 1 aliphatic rings. The van der Waals surface area contributed by atoms with Gasteiger partial charge in [-0.25, -0.2) is 0 Å². The number of nitrogens with zero attached hydrogens (tertiary/aromatic N) is 3. The van der Waals surface area contributed by atoms with Crippen LogP contribution in [-0.4, -0.2) is 45.9 Å². The van der Waals surface area contributed by atoms with Gasteiger partial charge in [0.25, 0.3) is 0 Å². The molecule has 2 atom stereocenters. The molecule has 1 N–H and O–H groups in total. The molecule has 0 saturated carbocycles. The van der Waals surface area contributed by atoms with Crippen LogP contribution in [0.1, 0.15) is 24.2 Å². The summed E-state index contributed by atoms with van der Waals surface area (Å²) in [5.41, 5.74) is 0. The summed E-state index contributed by atoms with van der Waals surface area (Å²) in [7, 11) is 0. The number of hydrogen-bond acceptors (Lipinski definition) is 6. The average molecular weight is 324 g/mol. The lowest BCUT2D eigenvalue weighted by atomic mass is 10.2.